The smallest absolute Gasteiger partial charge is 0.185 e. The predicted octanol–water partition coefficient (Wildman–Crippen LogP) is 3.18. The number of hydrogen-bond donors (Lipinski definition) is 0. The molecule has 0 radical (unpaired) electrons. The van der Waals surface area contributed by atoms with Gasteiger partial charge in [0.1, 0.15) is 6.61 Å². The van der Waals surface area contributed by atoms with Gasteiger partial charge in [-0.2, -0.15) is 0 Å². The van der Waals surface area contributed by atoms with Gasteiger partial charge in [-0.15, -0.1) is 0 Å². The van der Waals surface area contributed by atoms with Gasteiger partial charge in [-0.1, -0.05) is 54.6 Å². The second kappa shape index (κ2) is 4.49. The van der Waals surface area contributed by atoms with Gasteiger partial charge in [0.15, 0.2) is 12.0 Å². The van der Waals surface area contributed by atoms with E-state index in [2.05, 4.69) is 0 Å². The average molecular weight is 236 g/mol. The van der Waals surface area contributed by atoms with Crippen LogP contribution in [0, 0.1) is 0 Å². The largest absolute Gasteiger partial charge is 0.485 e. The minimum Gasteiger partial charge on any atom is -0.485 e. The number of carbonyl (C=O) groups excluding carboxylic acids is 1. The summed E-state index contributed by atoms with van der Waals surface area (Å²) in [4.78, 5) is 11.2. The minimum atomic E-state index is 0.417. The summed E-state index contributed by atoms with van der Waals surface area (Å²) in [5.74, 6) is 0.417. The highest BCUT2D eigenvalue weighted by atomic mass is 16.5. The van der Waals surface area contributed by atoms with Crippen molar-refractivity contribution in [1.29, 1.82) is 0 Å². The SMILES string of the molecule is O=CC1=C(c2ccccc2)c2ccccc2CO1. The molecule has 2 heteroatoms. The number of hydrogen-bond acceptors (Lipinski definition) is 2. The maximum Gasteiger partial charge on any atom is 0.185 e. The van der Waals surface area contributed by atoms with E-state index in [9.17, 15) is 4.79 Å². The minimum absolute atomic E-state index is 0.417. The lowest BCUT2D eigenvalue weighted by Gasteiger charge is -2.21. The van der Waals surface area contributed by atoms with E-state index in [0.717, 1.165) is 28.5 Å². The third kappa shape index (κ3) is 1.72. The van der Waals surface area contributed by atoms with Crippen LogP contribution < -0.4 is 0 Å². The highest BCUT2D eigenvalue weighted by Gasteiger charge is 2.20. The lowest BCUT2D eigenvalue weighted by atomic mass is 9.92. The van der Waals surface area contributed by atoms with Crippen molar-refractivity contribution in [3.63, 3.8) is 0 Å². The highest BCUT2D eigenvalue weighted by Crippen LogP contribution is 2.33. The van der Waals surface area contributed by atoms with Crippen molar-refractivity contribution in [2.45, 2.75) is 6.61 Å². The molecule has 0 fully saturated rings. The first-order valence-electron chi connectivity index (χ1n) is 5.86. The predicted molar refractivity (Wildman–Crippen MR) is 69.8 cm³/mol. The molecule has 0 aromatic heterocycles. The van der Waals surface area contributed by atoms with Gasteiger partial charge >= 0.3 is 0 Å². The first-order valence-corrected chi connectivity index (χ1v) is 5.86. The van der Waals surface area contributed by atoms with Gasteiger partial charge in [0.25, 0.3) is 0 Å². The molecule has 18 heavy (non-hydrogen) atoms. The molecule has 0 unspecified atom stereocenters. The Hall–Kier alpha value is -2.35. The summed E-state index contributed by atoms with van der Waals surface area (Å²) in [6.07, 6.45) is 0.790. The van der Waals surface area contributed by atoms with E-state index in [-0.39, 0.29) is 0 Å². The standard InChI is InChI=1S/C16H12O2/c17-10-15-16(12-6-2-1-3-7-12)14-9-5-4-8-13(14)11-18-15/h1-10H,11H2. The van der Waals surface area contributed by atoms with Crippen LogP contribution in [0.5, 0.6) is 0 Å². The Balaban J connectivity index is 2.25. The Labute approximate surface area is 106 Å². The Bertz CT molecular complexity index is 612. The Kier molecular flexibility index (Phi) is 2.69. The van der Waals surface area contributed by atoms with Crippen LogP contribution in [0.25, 0.3) is 5.57 Å². The highest BCUT2D eigenvalue weighted by molar-refractivity contribution is 5.94. The van der Waals surface area contributed by atoms with E-state index in [1.54, 1.807) is 0 Å². The number of carbonyl (C=O) groups is 1. The van der Waals surface area contributed by atoms with Crippen molar-refractivity contribution in [3.05, 3.63) is 77.0 Å². The number of rotatable bonds is 2. The molecule has 0 saturated carbocycles. The third-order valence-corrected chi connectivity index (χ3v) is 3.09. The number of benzene rings is 2. The lowest BCUT2D eigenvalue weighted by Crippen LogP contribution is -2.09. The topological polar surface area (TPSA) is 26.3 Å². The average Bonchev–Trinajstić information content (AvgIpc) is 2.47. The number of allylic oxidation sites excluding steroid dienone is 1. The van der Waals surface area contributed by atoms with E-state index >= 15 is 0 Å². The second-order valence-electron chi connectivity index (χ2n) is 4.17. The Morgan fingerprint density at radius 2 is 1.67 bits per heavy atom. The fourth-order valence-corrected chi connectivity index (χ4v) is 2.25. The van der Waals surface area contributed by atoms with Crippen LogP contribution in [0.1, 0.15) is 16.7 Å². The number of ether oxygens (including phenoxy) is 1. The molecule has 1 heterocycles. The summed E-state index contributed by atoms with van der Waals surface area (Å²) in [5, 5.41) is 0. The quantitative estimate of drug-likeness (QED) is 0.748. The zero-order valence-corrected chi connectivity index (χ0v) is 9.80. The Morgan fingerprint density at radius 3 is 2.44 bits per heavy atom. The normalized spacial score (nSPS) is 13.8. The van der Waals surface area contributed by atoms with Gasteiger partial charge < -0.3 is 4.74 Å². The van der Waals surface area contributed by atoms with Crippen molar-refractivity contribution in [3.8, 4) is 0 Å². The van der Waals surface area contributed by atoms with Crippen molar-refractivity contribution in [1.82, 2.24) is 0 Å². The molecule has 0 amide bonds. The number of fused-ring (bicyclic) bond motifs is 1. The zero-order chi connectivity index (χ0) is 12.4. The van der Waals surface area contributed by atoms with Crippen molar-refractivity contribution in [2.75, 3.05) is 0 Å². The van der Waals surface area contributed by atoms with Crippen LogP contribution in [0.4, 0.5) is 0 Å². The van der Waals surface area contributed by atoms with E-state index in [1.165, 1.54) is 0 Å². The fourth-order valence-electron chi connectivity index (χ4n) is 2.25. The first-order chi connectivity index (χ1) is 8.90. The molecule has 2 nitrogen and oxygen atoms in total. The van der Waals surface area contributed by atoms with Crippen LogP contribution in [-0.4, -0.2) is 6.29 Å². The van der Waals surface area contributed by atoms with Gasteiger partial charge in [-0.25, -0.2) is 0 Å². The van der Waals surface area contributed by atoms with Gasteiger partial charge in [0.2, 0.25) is 0 Å². The molecule has 0 spiro atoms. The van der Waals surface area contributed by atoms with Crippen LogP contribution in [0.2, 0.25) is 0 Å². The van der Waals surface area contributed by atoms with Gasteiger partial charge in [0, 0.05) is 5.57 Å². The van der Waals surface area contributed by atoms with E-state index < -0.39 is 0 Å². The summed E-state index contributed by atoms with van der Waals surface area (Å²) in [6.45, 7) is 0.459. The second-order valence-corrected chi connectivity index (χ2v) is 4.17. The summed E-state index contributed by atoms with van der Waals surface area (Å²) in [5.41, 5.74) is 4.08. The van der Waals surface area contributed by atoms with E-state index in [0.29, 0.717) is 12.4 Å². The lowest BCUT2D eigenvalue weighted by molar-refractivity contribution is -0.108. The molecular formula is C16H12O2. The summed E-state index contributed by atoms with van der Waals surface area (Å²) in [7, 11) is 0. The van der Waals surface area contributed by atoms with Gasteiger partial charge in [-0.05, 0) is 16.7 Å². The zero-order valence-electron chi connectivity index (χ0n) is 9.80. The first kappa shape index (κ1) is 10.8. The van der Waals surface area contributed by atoms with Crippen molar-refractivity contribution >= 4 is 11.9 Å². The molecule has 0 bridgehead atoms. The molecule has 0 saturated heterocycles. The van der Waals surface area contributed by atoms with Crippen LogP contribution in [0.15, 0.2) is 60.4 Å². The van der Waals surface area contributed by atoms with Crippen molar-refractivity contribution < 1.29 is 9.53 Å². The monoisotopic (exact) mass is 236 g/mol. The van der Waals surface area contributed by atoms with Crippen LogP contribution >= 0.6 is 0 Å². The number of aldehydes is 1. The van der Waals surface area contributed by atoms with E-state index in [1.807, 2.05) is 54.6 Å². The molecule has 1 aliphatic rings. The molecule has 0 atom stereocenters. The molecule has 0 aliphatic carbocycles. The summed E-state index contributed by atoms with van der Waals surface area (Å²) in [6, 6.07) is 17.9. The molecule has 2 aromatic rings. The molecule has 3 rings (SSSR count). The fraction of sp³-hybridized carbons (Fsp3) is 0.0625. The molecule has 1 aliphatic heterocycles. The summed E-state index contributed by atoms with van der Waals surface area (Å²) < 4.78 is 5.53. The molecule has 88 valence electrons. The molecular weight excluding hydrogens is 224 g/mol. The Morgan fingerprint density at radius 1 is 0.944 bits per heavy atom. The van der Waals surface area contributed by atoms with Crippen LogP contribution in [-0.2, 0) is 16.1 Å². The molecule has 0 N–H and O–H groups in total. The van der Waals surface area contributed by atoms with Crippen molar-refractivity contribution in [2.24, 2.45) is 0 Å². The maximum atomic E-state index is 11.2. The van der Waals surface area contributed by atoms with Gasteiger partial charge in [-0.3, -0.25) is 4.79 Å². The summed E-state index contributed by atoms with van der Waals surface area (Å²) >= 11 is 0. The van der Waals surface area contributed by atoms with E-state index in [4.69, 9.17) is 4.74 Å². The maximum absolute atomic E-state index is 11.2. The molecule has 2 aromatic carbocycles. The van der Waals surface area contributed by atoms with Crippen LogP contribution in [0.3, 0.4) is 0 Å². The third-order valence-electron chi connectivity index (χ3n) is 3.09. The van der Waals surface area contributed by atoms with Gasteiger partial charge in [0.05, 0.1) is 0 Å².